The van der Waals surface area contributed by atoms with Crippen LogP contribution < -0.4 is 0 Å². The zero-order valence-electron chi connectivity index (χ0n) is 20.3. The molecule has 34 heavy (non-hydrogen) atoms. The first-order valence-electron chi connectivity index (χ1n) is 11.5. The third kappa shape index (κ3) is 5.09. The van der Waals surface area contributed by atoms with Crippen LogP contribution in [-0.4, -0.2) is 33.8 Å². The molecular weight excluding hydrogens is 462 g/mol. The Bertz CT molecular complexity index is 1340. The Hall–Kier alpha value is -2.92. The van der Waals surface area contributed by atoms with Gasteiger partial charge in [0, 0.05) is 42.6 Å². The number of rotatable bonds is 8. The molecule has 0 aliphatic heterocycles. The van der Waals surface area contributed by atoms with Gasteiger partial charge in [-0.05, 0) is 36.2 Å². The van der Waals surface area contributed by atoms with E-state index >= 15 is 0 Å². The van der Waals surface area contributed by atoms with E-state index in [2.05, 4.69) is 44.5 Å². The highest BCUT2D eigenvalue weighted by Gasteiger charge is 2.24. The summed E-state index contributed by atoms with van der Waals surface area (Å²) in [5, 5.41) is 15.2. The van der Waals surface area contributed by atoms with Crippen LogP contribution in [0.4, 0.5) is 0 Å². The van der Waals surface area contributed by atoms with E-state index in [9.17, 15) is 5.26 Å². The molecule has 4 rings (SSSR count). The van der Waals surface area contributed by atoms with E-state index in [1.807, 2.05) is 51.7 Å². The van der Waals surface area contributed by atoms with E-state index in [4.69, 9.17) is 21.4 Å². The number of benzene rings is 1. The number of hydrogen-bond acceptors (Lipinski definition) is 4. The van der Waals surface area contributed by atoms with Crippen LogP contribution in [0.5, 0.6) is 0 Å². The number of nitriles is 1. The molecule has 0 N–H and O–H groups in total. The zero-order valence-corrected chi connectivity index (χ0v) is 22.1. The number of pyridine rings is 1. The molecule has 0 saturated carbocycles. The minimum Gasteiger partial charge on any atom is -0.360 e. The molecule has 0 aliphatic carbocycles. The van der Waals surface area contributed by atoms with Crippen molar-refractivity contribution in [1.29, 1.82) is 5.26 Å². The van der Waals surface area contributed by atoms with E-state index in [0.717, 1.165) is 46.4 Å². The lowest BCUT2D eigenvalue weighted by Gasteiger charge is -2.17. The van der Waals surface area contributed by atoms with E-state index in [0.29, 0.717) is 17.4 Å². The molecule has 176 valence electrons. The Labute approximate surface area is 206 Å². The Balaban J connectivity index is 1.85. The molecule has 3 aromatic heterocycles. The van der Waals surface area contributed by atoms with Gasteiger partial charge in [0.25, 0.3) is 0 Å². The molecule has 0 saturated heterocycles. The summed E-state index contributed by atoms with van der Waals surface area (Å²) >= 11 is 6.17. The molecule has 0 unspecified atom stereocenters. The van der Waals surface area contributed by atoms with Crippen molar-refractivity contribution in [1.82, 2.24) is 19.2 Å². The smallest absolute Gasteiger partial charge is 0.144 e. The number of hydrogen-bond donors (Lipinski definition) is 0. The lowest BCUT2D eigenvalue weighted by molar-refractivity contribution is 0.0761. The van der Waals surface area contributed by atoms with Gasteiger partial charge in [0.05, 0.1) is 11.9 Å². The lowest BCUT2D eigenvalue weighted by Crippen LogP contribution is -2.22. The number of nitrogens with zero attached hydrogens (tertiary/aromatic N) is 5. The molecule has 6 nitrogen and oxygen atoms in total. The van der Waals surface area contributed by atoms with Crippen LogP contribution in [-0.2, 0) is 11.5 Å². The normalized spacial score (nSPS) is 11.9. The van der Waals surface area contributed by atoms with Gasteiger partial charge in [-0.3, -0.25) is 4.40 Å². The summed E-state index contributed by atoms with van der Waals surface area (Å²) in [7, 11) is -1.18. The van der Waals surface area contributed by atoms with Crippen molar-refractivity contribution in [3.8, 4) is 28.5 Å². The first kappa shape index (κ1) is 24.2. The summed E-state index contributed by atoms with van der Waals surface area (Å²) in [5.41, 5.74) is 6.19. The van der Waals surface area contributed by atoms with Gasteiger partial charge in [0.15, 0.2) is 0 Å². The van der Waals surface area contributed by atoms with Crippen molar-refractivity contribution in [2.75, 3.05) is 6.61 Å². The van der Waals surface area contributed by atoms with Crippen LogP contribution >= 0.6 is 11.6 Å². The average molecular weight is 492 g/mol. The van der Waals surface area contributed by atoms with Crippen molar-refractivity contribution < 1.29 is 4.74 Å². The number of aromatic nitrogens is 4. The van der Waals surface area contributed by atoms with Crippen molar-refractivity contribution in [2.24, 2.45) is 0 Å². The van der Waals surface area contributed by atoms with Crippen LogP contribution in [0.25, 0.3) is 28.0 Å². The zero-order chi connectivity index (χ0) is 24.5. The summed E-state index contributed by atoms with van der Waals surface area (Å²) in [4.78, 5) is 4.34. The Kier molecular flexibility index (Phi) is 6.94. The lowest BCUT2D eigenvalue weighted by atomic mass is 9.95. The van der Waals surface area contributed by atoms with Gasteiger partial charge in [-0.15, -0.1) is 0 Å². The minimum atomic E-state index is -1.18. The standard InChI is InChI=1S/C26H30ClN5OSi/c1-18(2)26-24(20-8-11-23-29-15-22(14-28)31(23)16-20)25(19-6-9-21(27)10-7-19)30-32(26)17-33-12-13-34(3,4)5/h6-11,15-16,18H,12-13,17H2,1-5H3. The molecule has 0 atom stereocenters. The second-order valence-corrected chi connectivity index (χ2v) is 16.1. The molecule has 0 amide bonds. The Morgan fingerprint density at radius 1 is 1.09 bits per heavy atom. The highest BCUT2D eigenvalue weighted by Crippen LogP contribution is 2.38. The van der Waals surface area contributed by atoms with E-state index < -0.39 is 8.07 Å². The van der Waals surface area contributed by atoms with Crippen LogP contribution in [0.3, 0.4) is 0 Å². The molecule has 3 heterocycles. The van der Waals surface area contributed by atoms with Gasteiger partial charge < -0.3 is 4.74 Å². The van der Waals surface area contributed by atoms with Gasteiger partial charge in [-0.1, -0.05) is 57.2 Å². The second-order valence-electron chi connectivity index (χ2n) is 10.0. The minimum absolute atomic E-state index is 0.207. The molecule has 8 heteroatoms. The van der Waals surface area contributed by atoms with Gasteiger partial charge in [0.2, 0.25) is 0 Å². The Morgan fingerprint density at radius 2 is 1.79 bits per heavy atom. The number of ether oxygens (including phenoxy) is 1. The number of fused-ring (bicyclic) bond motifs is 1. The molecule has 0 radical (unpaired) electrons. The van der Waals surface area contributed by atoms with Gasteiger partial charge in [-0.25, -0.2) is 9.67 Å². The van der Waals surface area contributed by atoms with Gasteiger partial charge >= 0.3 is 0 Å². The van der Waals surface area contributed by atoms with Crippen molar-refractivity contribution in [3.05, 3.63) is 65.2 Å². The maximum atomic E-state index is 9.52. The summed E-state index contributed by atoms with van der Waals surface area (Å²) in [5.74, 6) is 0.207. The number of imidazole rings is 1. The van der Waals surface area contributed by atoms with E-state index in [1.54, 1.807) is 6.20 Å². The third-order valence-electron chi connectivity index (χ3n) is 5.78. The first-order valence-corrected chi connectivity index (χ1v) is 15.6. The molecule has 0 fully saturated rings. The fourth-order valence-corrected chi connectivity index (χ4v) is 4.88. The van der Waals surface area contributed by atoms with Crippen LogP contribution in [0.2, 0.25) is 30.7 Å². The maximum Gasteiger partial charge on any atom is 0.144 e. The van der Waals surface area contributed by atoms with Crippen molar-refractivity contribution in [2.45, 2.75) is 52.2 Å². The quantitative estimate of drug-likeness (QED) is 0.200. The first-order chi connectivity index (χ1) is 16.2. The fraction of sp³-hybridized carbons (Fsp3) is 0.346. The molecular formula is C26H30ClN5OSi. The predicted molar refractivity (Wildman–Crippen MR) is 140 cm³/mol. The maximum absolute atomic E-state index is 9.52. The Morgan fingerprint density at radius 3 is 2.44 bits per heavy atom. The SMILES string of the molecule is CC(C)c1c(-c2ccc3ncc(C#N)n3c2)c(-c2ccc(Cl)cc2)nn1COCC[Si](C)(C)C. The summed E-state index contributed by atoms with van der Waals surface area (Å²) < 4.78 is 9.91. The molecule has 4 aromatic rings. The van der Waals surface area contributed by atoms with Crippen LogP contribution in [0.1, 0.15) is 31.2 Å². The van der Waals surface area contributed by atoms with Crippen LogP contribution in [0.15, 0.2) is 48.8 Å². The molecule has 0 aliphatic rings. The molecule has 0 bridgehead atoms. The van der Waals surface area contributed by atoms with Gasteiger partial charge in [0.1, 0.15) is 29.8 Å². The summed E-state index contributed by atoms with van der Waals surface area (Å²) in [6.07, 6.45) is 3.57. The van der Waals surface area contributed by atoms with Gasteiger partial charge in [-0.2, -0.15) is 10.4 Å². The highest BCUT2D eigenvalue weighted by atomic mass is 35.5. The number of halogens is 1. The largest absolute Gasteiger partial charge is 0.360 e. The second kappa shape index (κ2) is 9.75. The van der Waals surface area contributed by atoms with Crippen molar-refractivity contribution >= 4 is 25.3 Å². The molecule has 1 aromatic carbocycles. The summed E-state index contributed by atoms with van der Waals surface area (Å²) in [6.45, 7) is 12.5. The van der Waals surface area contributed by atoms with Crippen molar-refractivity contribution in [3.63, 3.8) is 0 Å². The highest BCUT2D eigenvalue weighted by molar-refractivity contribution is 6.76. The van der Waals surface area contributed by atoms with E-state index in [-0.39, 0.29) is 5.92 Å². The third-order valence-corrected chi connectivity index (χ3v) is 7.73. The fourth-order valence-electron chi connectivity index (χ4n) is 4.00. The topological polar surface area (TPSA) is 68.1 Å². The van der Waals surface area contributed by atoms with Crippen LogP contribution in [0, 0.1) is 11.3 Å². The predicted octanol–water partition coefficient (Wildman–Crippen LogP) is 6.83. The summed E-state index contributed by atoms with van der Waals surface area (Å²) in [6, 6.07) is 15.1. The molecule has 0 spiro atoms. The van der Waals surface area contributed by atoms with E-state index in [1.165, 1.54) is 0 Å². The average Bonchev–Trinajstić information content (AvgIpc) is 3.37. The monoisotopic (exact) mass is 491 g/mol.